The summed E-state index contributed by atoms with van der Waals surface area (Å²) in [5, 5.41) is 13.4. The fourth-order valence-electron chi connectivity index (χ4n) is 4.52. The van der Waals surface area contributed by atoms with Crippen molar-refractivity contribution < 1.29 is 33.0 Å². The molecule has 0 aliphatic rings. The van der Waals surface area contributed by atoms with Crippen LogP contribution >= 0.6 is 0 Å². The summed E-state index contributed by atoms with van der Waals surface area (Å²) >= 11 is 0. The zero-order chi connectivity index (χ0) is 33.8. The van der Waals surface area contributed by atoms with E-state index in [0.29, 0.717) is 25.1 Å². The van der Waals surface area contributed by atoms with Crippen LogP contribution in [0.25, 0.3) is 21.8 Å². The van der Waals surface area contributed by atoms with Gasteiger partial charge < -0.3 is 44.4 Å². The number of aromatic carboxylic acids is 1. The highest BCUT2D eigenvalue weighted by molar-refractivity contribution is 5.93. The number of ether oxygens (including phenoxy) is 2. The lowest BCUT2D eigenvalue weighted by atomic mass is 10.1. The molecule has 4 heterocycles. The van der Waals surface area contributed by atoms with Gasteiger partial charge in [0.2, 0.25) is 0 Å². The minimum absolute atomic E-state index is 0.0281. The first-order valence-corrected chi connectivity index (χ1v) is 14.4. The molecule has 2 aromatic carbocycles. The summed E-state index contributed by atoms with van der Waals surface area (Å²) in [5.74, 6) is 0.298. The Morgan fingerprint density at radius 1 is 0.766 bits per heavy atom. The van der Waals surface area contributed by atoms with Crippen molar-refractivity contribution in [3.8, 4) is 11.5 Å². The largest absolute Gasteiger partial charge is 0.497 e. The van der Waals surface area contributed by atoms with Gasteiger partial charge in [-0.05, 0) is 79.0 Å². The van der Waals surface area contributed by atoms with Crippen LogP contribution in [0.4, 0.5) is 0 Å². The van der Waals surface area contributed by atoms with Crippen molar-refractivity contribution in [2.45, 2.75) is 12.8 Å². The number of methoxy groups -OCH3 is 2. The molecule has 0 spiro atoms. The van der Waals surface area contributed by atoms with Gasteiger partial charge in [-0.1, -0.05) is 0 Å². The molecule has 0 atom stereocenters. The summed E-state index contributed by atoms with van der Waals surface area (Å²) < 4.78 is 19.4. The average molecular weight is 643 g/mol. The molecule has 0 bridgehead atoms. The van der Waals surface area contributed by atoms with Gasteiger partial charge in [0.1, 0.15) is 24.0 Å². The number of nitrogens with two attached hydrogens (primary N) is 1. The fourth-order valence-corrected chi connectivity index (χ4v) is 4.52. The number of carbonyl (C=O) groups is 2. The van der Waals surface area contributed by atoms with Crippen molar-refractivity contribution in [1.82, 2.24) is 15.3 Å². The van der Waals surface area contributed by atoms with Gasteiger partial charge >= 0.3 is 17.2 Å². The Labute approximate surface area is 267 Å². The van der Waals surface area contributed by atoms with Crippen LogP contribution in [-0.2, 0) is 12.8 Å². The molecule has 6 rings (SSSR count). The summed E-state index contributed by atoms with van der Waals surface area (Å²) in [6.45, 7) is 1.15. The third kappa shape index (κ3) is 9.22. The summed E-state index contributed by atoms with van der Waals surface area (Å²) in [4.78, 5) is 49.7. The first-order chi connectivity index (χ1) is 22.7. The van der Waals surface area contributed by atoms with Crippen LogP contribution in [0.15, 0.2) is 104 Å². The molecule has 0 aliphatic heterocycles. The Morgan fingerprint density at radius 3 is 1.72 bits per heavy atom. The van der Waals surface area contributed by atoms with E-state index in [9.17, 15) is 19.2 Å². The van der Waals surface area contributed by atoms with Gasteiger partial charge in [-0.15, -0.1) is 0 Å². The normalized spacial score (nSPS) is 10.4. The van der Waals surface area contributed by atoms with Crippen molar-refractivity contribution in [3.63, 3.8) is 0 Å². The number of hydrogen-bond donors (Lipinski definition) is 5. The number of amides is 1. The van der Waals surface area contributed by atoms with Crippen molar-refractivity contribution >= 4 is 33.7 Å². The number of fused-ring (bicyclic) bond motifs is 2. The number of rotatable bonds is 9. The predicted octanol–water partition coefficient (Wildman–Crippen LogP) is 4.12. The molecule has 0 saturated carbocycles. The molecule has 6 aromatic rings. The highest BCUT2D eigenvalue weighted by Crippen LogP contribution is 2.24. The number of carbonyl (C=O) groups excluding carboxylic acids is 1. The summed E-state index contributed by atoms with van der Waals surface area (Å²) in [6, 6.07) is 16.7. The number of benzene rings is 2. The Morgan fingerprint density at radius 2 is 1.28 bits per heavy atom. The molecule has 244 valence electrons. The van der Waals surface area contributed by atoms with Crippen LogP contribution < -0.4 is 31.8 Å². The first-order valence-electron chi connectivity index (χ1n) is 14.4. The molecule has 6 N–H and O–H groups in total. The molecule has 0 aliphatic carbocycles. The second-order valence-electron chi connectivity index (χ2n) is 9.99. The molecule has 0 saturated heterocycles. The third-order valence-electron chi connectivity index (χ3n) is 6.95. The van der Waals surface area contributed by atoms with Gasteiger partial charge in [-0.25, -0.2) is 14.4 Å². The lowest BCUT2D eigenvalue weighted by Gasteiger charge is -2.05. The molecule has 13 heteroatoms. The minimum atomic E-state index is -1.11. The molecule has 0 fully saturated rings. The predicted molar refractivity (Wildman–Crippen MR) is 175 cm³/mol. The van der Waals surface area contributed by atoms with Gasteiger partial charge in [-0.3, -0.25) is 4.79 Å². The Balaban J connectivity index is 0.000000177. The maximum absolute atomic E-state index is 11.9. The molecule has 1 amide bonds. The van der Waals surface area contributed by atoms with Gasteiger partial charge in [0.05, 0.1) is 25.3 Å². The lowest BCUT2D eigenvalue weighted by Crippen LogP contribution is -2.25. The van der Waals surface area contributed by atoms with Gasteiger partial charge in [0.15, 0.2) is 0 Å². The van der Waals surface area contributed by atoms with Crippen LogP contribution in [0.2, 0.25) is 0 Å². The van der Waals surface area contributed by atoms with E-state index in [4.69, 9.17) is 20.3 Å². The van der Waals surface area contributed by atoms with Crippen LogP contribution in [-0.4, -0.2) is 54.3 Å². The summed E-state index contributed by atoms with van der Waals surface area (Å²) in [5.41, 5.74) is 9.31. The standard InChI is InChI=1S/C17H16N2O4.C11H14N2O.C6H4O4/c1-22-13-3-4-15-14(8-13)11(9-19-15)6-7-18-17(21)12-2-5-16(20)23-10-12;1-14-9-2-3-11-10(6-9)8(4-5-12)7-13-11;7-5-2-1-4(3-10-5)6(8)9/h2-5,8-10,19H,6-7H2,1H3,(H,18,21);2-3,6-7,13H,4-5,12H2,1H3;1-3H,(H,8,9). The van der Waals surface area contributed by atoms with E-state index >= 15 is 0 Å². The fraction of sp³-hybridized carbons (Fsp3) is 0.176. The number of hydrogen-bond acceptors (Lipinski definition) is 9. The second kappa shape index (κ2) is 16.3. The SMILES string of the molecule is COc1ccc2[nH]cc(CCN)c2c1.COc1ccc2[nH]cc(CCNC(=O)c3ccc(=O)oc3)c2c1.O=C(O)c1ccc(=O)oc1. The van der Waals surface area contributed by atoms with Crippen LogP contribution in [0, 0.1) is 0 Å². The van der Waals surface area contributed by atoms with Gasteiger partial charge in [0, 0.05) is 52.9 Å². The van der Waals surface area contributed by atoms with Crippen molar-refractivity contribution in [3.05, 3.63) is 129 Å². The van der Waals surface area contributed by atoms with Crippen molar-refractivity contribution in [2.24, 2.45) is 5.73 Å². The van der Waals surface area contributed by atoms with Crippen LogP contribution in [0.3, 0.4) is 0 Å². The Kier molecular flexibility index (Phi) is 11.7. The quantitative estimate of drug-likeness (QED) is 0.153. The summed E-state index contributed by atoms with van der Waals surface area (Å²) in [7, 11) is 3.31. The van der Waals surface area contributed by atoms with E-state index < -0.39 is 17.2 Å². The maximum Gasteiger partial charge on any atom is 0.338 e. The van der Waals surface area contributed by atoms with E-state index in [1.807, 2.05) is 48.8 Å². The number of H-pyrrole nitrogens is 2. The Bertz CT molecular complexity index is 2030. The van der Waals surface area contributed by atoms with E-state index in [-0.39, 0.29) is 11.5 Å². The zero-order valence-electron chi connectivity index (χ0n) is 25.7. The van der Waals surface area contributed by atoms with E-state index in [1.165, 1.54) is 29.1 Å². The highest BCUT2D eigenvalue weighted by atomic mass is 16.5. The Hall–Kier alpha value is -6.08. The second-order valence-corrected chi connectivity index (χ2v) is 9.99. The number of aromatic nitrogens is 2. The molecule has 0 radical (unpaired) electrons. The van der Waals surface area contributed by atoms with E-state index in [1.54, 1.807) is 14.2 Å². The molecular weight excluding hydrogens is 608 g/mol. The van der Waals surface area contributed by atoms with Crippen LogP contribution in [0.1, 0.15) is 31.8 Å². The average Bonchev–Trinajstić information content (AvgIpc) is 3.69. The number of nitrogens with one attached hydrogen (secondary N) is 3. The molecular formula is C34H34N4O9. The van der Waals surface area contributed by atoms with E-state index in [0.717, 1.165) is 58.5 Å². The van der Waals surface area contributed by atoms with Crippen molar-refractivity contribution in [1.29, 1.82) is 0 Å². The number of aromatic amines is 2. The van der Waals surface area contributed by atoms with Crippen LogP contribution in [0.5, 0.6) is 11.5 Å². The lowest BCUT2D eigenvalue weighted by molar-refractivity contribution is 0.0693. The first kappa shape index (κ1) is 33.8. The molecule has 47 heavy (non-hydrogen) atoms. The highest BCUT2D eigenvalue weighted by Gasteiger charge is 2.09. The van der Waals surface area contributed by atoms with Gasteiger partial charge in [-0.2, -0.15) is 0 Å². The van der Waals surface area contributed by atoms with Crippen molar-refractivity contribution in [2.75, 3.05) is 27.3 Å². The van der Waals surface area contributed by atoms with Gasteiger partial charge in [0.25, 0.3) is 5.91 Å². The molecule has 13 nitrogen and oxygen atoms in total. The third-order valence-corrected chi connectivity index (χ3v) is 6.95. The number of carboxylic acid groups (broad SMARTS) is 1. The zero-order valence-corrected chi connectivity index (χ0v) is 25.7. The molecule has 4 aromatic heterocycles. The summed E-state index contributed by atoms with van der Waals surface area (Å²) in [6.07, 6.45) is 7.58. The molecule has 0 unspecified atom stereocenters. The van der Waals surface area contributed by atoms with E-state index in [2.05, 4.69) is 24.1 Å². The topological polar surface area (TPSA) is 203 Å². The monoisotopic (exact) mass is 642 g/mol. The minimum Gasteiger partial charge on any atom is -0.497 e. The number of carboxylic acids is 1. The smallest absolute Gasteiger partial charge is 0.338 e. The maximum atomic E-state index is 11.9.